The summed E-state index contributed by atoms with van der Waals surface area (Å²) in [5.74, 6) is 0.323. The Labute approximate surface area is 142 Å². The number of carbonyl (C=O) groups is 1. The summed E-state index contributed by atoms with van der Waals surface area (Å²) in [4.78, 5) is 19.8. The van der Waals surface area contributed by atoms with Gasteiger partial charge in [-0.15, -0.1) is 0 Å². The molecule has 1 aromatic carbocycles. The highest BCUT2D eigenvalue weighted by molar-refractivity contribution is 5.95. The Morgan fingerprint density at radius 3 is 2.96 bits per heavy atom. The minimum Gasteiger partial charge on any atom is -0.422 e. The molecule has 0 saturated heterocycles. The molecule has 5 nitrogen and oxygen atoms in total. The van der Waals surface area contributed by atoms with Gasteiger partial charge < -0.3 is 19.5 Å². The fourth-order valence-electron chi connectivity index (χ4n) is 2.83. The number of fused-ring (bicyclic) bond motifs is 1. The lowest BCUT2D eigenvalue weighted by Crippen LogP contribution is -2.17. The lowest BCUT2D eigenvalue weighted by Gasteiger charge is -2.16. The molecule has 0 bridgehead atoms. The maximum Gasteiger partial charge on any atom is 0.341 e. The number of carbonyl (C=O) groups excluding carboxylic acids is 1. The number of hydrogen-bond acceptors (Lipinski definition) is 4. The Morgan fingerprint density at radius 2 is 2.21 bits per heavy atom. The van der Waals surface area contributed by atoms with Crippen molar-refractivity contribution in [1.29, 1.82) is 0 Å². The van der Waals surface area contributed by atoms with Crippen molar-refractivity contribution in [2.24, 2.45) is 0 Å². The van der Waals surface area contributed by atoms with Crippen LogP contribution in [0, 0.1) is 0 Å². The normalized spacial score (nSPS) is 14.3. The van der Waals surface area contributed by atoms with Gasteiger partial charge in [0.15, 0.2) is 0 Å². The molecule has 0 fully saturated rings. The molecule has 0 amide bonds. The Kier molecular flexibility index (Phi) is 4.71. The predicted molar refractivity (Wildman–Crippen MR) is 95.8 cm³/mol. The molecule has 1 aromatic heterocycles. The van der Waals surface area contributed by atoms with E-state index in [-0.39, 0.29) is 5.97 Å². The van der Waals surface area contributed by atoms with Crippen molar-refractivity contribution in [3.8, 4) is 5.75 Å². The van der Waals surface area contributed by atoms with E-state index in [4.69, 9.17) is 4.74 Å². The van der Waals surface area contributed by atoms with E-state index in [9.17, 15) is 4.79 Å². The number of allylic oxidation sites excluding steroid dienone is 1. The molecule has 1 N–H and O–H groups in total. The smallest absolute Gasteiger partial charge is 0.341 e. The van der Waals surface area contributed by atoms with Crippen molar-refractivity contribution in [2.45, 2.75) is 12.8 Å². The van der Waals surface area contributed by atoms with Gasteiger partial charge >= 0.3 is 5.97 Å². The maximum absolute atomic E-state index is 12.5. The van der Waals surface area contributed by atoms with E-state index in [2.05, 4.69) is 24.0 Å². The minimum absolute atomic E-state index is 0.293. The second-order valence-electron chi connectivity index (χ2n) is 6.34. The van der Waals surface area contributed by atoms with Crippen molar-refractivity contribution in [3.05, 3.63) is 54.0 Å². The molecule has 0 aliphatic carbocycles. The maximum atomic E-state index is 12.5. The summed E-state index contributed by atoms with van der Waals surface area (Å²) in [6.07, 6.45) is 9.20. The third-order valence-electron chi connectivity index (χ3n) is 4.08. The highest BCUT2D eigenvalue weighted by atomic mass is 16.5. The third kappa shape index (κ3) is 3.51. The van der Waals surface area contributed by atoms with Crippen molar-refractivity contribution < 1.29 is 9.53 Å². The van der Waals surface area contributed by atoms with Crippen LogP contribution in [0.1, 0.15) is 12.0 Å². The van der Waals surface area contributed by atoms with E-state index in [1.54, 1.807) is 0 Å². The molecule has 5 heteroatoms. The Bertz CT molecular complexity index is 802. The van der Waals surface area contributed by atoms with Gasteiger partial charge in [-0.05, 0) is 44.4 Å². The number of hydrogen-bond donors (Lipinski definition) is 1. The summed E-state index contributed by atoms with van der Waals surface area (Å²) in [7, 11) is 6.00. The van der Waals surface area contributed by atoms with Crippen LogP contribution in [-0.2, 0) is 11.2 Å². The van der Waals surface area contributed by atoms with Crippen LogP contribution in [0.3, 0.4) is 0 Å². The standard InChI is InChI=1S/C19H23N3O2/c1-21(2)11-9-14-12-20-16-7-4-8-17(18(14)16)24-19(23)15-6-5-10-22(3)13-15/h4-5,7-8,10,12-13,20H,6,9,11H2,1-3H3. The zero-order valence-corrected chi connectivity index (χ0v) is 14.4. The number of aromatic nitrogens is 1. The third-order valence-corrected chi connectivity index (χ3v) is 4.08. The van der Waals surface area contributed by atoms with Crippen molar-refractivity contribution in [1.82, 2.24) is 14.8 Å². The van der Waals surface area contributed by atoms with Gasteiger partial charge in [0.2, 0.25) is 0 Å². The molecule has 0 spiro atoms. The number of H-pyrrole nitrogens is 1. The van der Waals surface area contributed by atoms with Gasteiger partial charge in [-0.25, -0.2) is 4.79 Å². The first kappa shape index (κ1) is 16.3. The Morgan fingerprint density at radius 1 is 1.38 bits per heavy atom. The summed E-state index contributed by atoms with van der Waals surface area (Å²) in [6, 6.07) is 5.76. The first-order valence-corrected chi connectivity index (χ1v) is 8.10. The van der Waals surface area contributed by atoms with Crippen LogP contribution in [0.15, 0.2) is 48.4 Å². The molecule has 0 atom stereocenters. The van der Waals surface area contributed by atoms with Gasteiger partial charge in [0.05, 0.1) is 5.57 Å². The van der Waals surface area contributed by atoms with Crippen molar-refractivity contribution >= 4 is 16.9 Å². The van der Waals surface area contributed by atoms with Gasteiger partial charge in [-0.1, -0.05) is 12.1 Å². The van der Waals surface area contributed by atoms with Gasteiger partial charge in [0.1, 0.15) is 5.75 Å². The molecule has 126 valence electrons. The largest absolute Gasteiger partial charge is 0.422 e. The molecule has 3 rings (SSSR count). The van der Waals surface area contributed by atoms with E-state index in [0.29, 0.717) is 17.7 Å². The van der Waals surface area contributed by atoms with Crippen LogP contribution in [0.25, 0.3) is 10.9 Å². The summed E-state index contributed by atoms with van der Waals surface area (Å²) in [6.45, 7) is 0.940. The van der Waals surface area contributed by atoms with Gasteiger partial charge in [-0.2, -0.15) is 0 Å². The number of likely N-dealkylation sites (N-methyl/N-ethyl adjacent to an activating group) is 1. The molecule has 24 heavy (non-hydrogen) atoms. The molecule has 0 radical (unpaired) electrons. The molecule has 1 aliphatic heterocycles. The molecule has 2 aromatic rings. The number of rotatable bonds is 5. The van der Waals surface area contributed by atoms with Crippen LogP contribution in [0.2, 0.25) is 0 Å². The van der Waals surface area contributed by atoms with Gasteiger partial charge in [0.25, 0.3) is 0 Å². The van der Waals surface area contributed by atoms with Crippen LogP contribution < -0.4 is 4.74 Å². The summed E-state index contributed by atoms with van der Waals surface area (Å²) < 4.78 is 5.72. The Balaban J connectivity index is 1.86. The first-order chi connectivity index (χ1) is 11.5. The first-order valence-electron chi connectivity index (χ1n) is 8.10. The quantitative estimate of drug-likeness (QED) is 0.678. The number of aromatic amines is 1. The lowest BCUT2D eigenvalue weighted by atomic mass is 10.1. The fraction of sp³-hybridized carbons (Fsp3) is 0.316. The fourth-order valence-corrected chi connectivity index (χ4v) is 2.83. The Hall–Kier alpha value is -2.53. The average molecular weight is 325 g/mol. The molecular weight excluding hydrogens is 302 g/mol. The van der Waals surface area contributed by atoms with Crippen molar-refractivity contribution in [3.63, 3.8) is 0 Å². The van der Waals surface area contributed by atoms with Crippen LogP contribution in [0.4, 0.5) is 0 Å². The second-order valence-corrected chi connectivity index (χ2v) is 6.34. The van der Waals surface area contributed by atoms with E-state index in [1.165, 1.54) is 0 Å². The summed E-state index contributed by atoms with van der Waals surface area (Å²) in [5, 5.41) is 0.994. The number of benzene rings is 1. The molecule has 2 heterocycles. The second kappa shape index (κ2) is 6.93. The average Bonchev–Trinajstić information content (AvgIpc) is 2.97. The summed E-state index contributed by atoms with van der Waals surface area (Å²) >= 11 is 0. The monoisotopic (exact) mass is 325 g/mol. The molecule has 0 unspecified atom stereocenters. The zero-order valence-electron chi connectivity index (χ0n) is 14.4. The number of esters is 1. The zero-order chi connectivity index (χ0) is 17.1. The molecular formula is C19H23N3O2. The van der Waals surface area contributed by atoms with Gasteiger partial charge in [-0.3, -0.25) is 0 Å². The van der Waals surface area contributed by atoms with E-state index < -0.39 is 0 Å². The van der Waals surface area contributed by atoms with Crippen LogP contribution >= 0.6 is 0 Å². The number of nitrogens with one attached hydrogen (secondary N) is 1. The van der Waals surface area contributed by atoms with Gasteiger partial charge in [0, 0.05) is 43.3 Å². The van der Waals surface area contributed by atoms with Crippen LogP contribution in [0.5, 0.6) is 5.75 Å². The van der Waals surface area contributed by atoms with Crippen LogP contribution in [-0.4, -0.2) is 48.4 Å². The number of ether oxygens (including phenoxy) is 1. The van der Waals surface area contributed by atoms with Crippen molar-refractivity contribution in [2.75, 3.05) is 27.7 Å². The summed E-state index contributed by atoms with van der Waals surface area (Å²) in [5.41, 5.74) is 2.81. The SMILES string of the molecule is CN1C=CCC(C(=O)Oc2cccc3[nH]cc(CCN(C)C)c23)=C1. The van der Waals surface area contributed by atoms with E-state index in [0.717, 1.165) is 29.4 Å². The predicted octanol–water partition coefficient (Wildman–Crippen LogP) is 2.91. The topological polar surface area (TPSA) is 48.6 Å². The van der Waals surface area contributed by atoms with E-state index in [1.807, 2.05) is 54.8 Å². The number of nitrogens with zero attached hydrogens (tertiary/aromatic N) is 2. The highest BCUT2D eigenvalue weighted by Crippen LogP contribution is 2.30. The minimum atomic E-state index is -0.293. The molecule has 1 aliphatic rings. The highest BCUT2D eigenvalue weighted by Gasteiger charge is 2.17. The lowest BCUT2D eigenvalue weighted by molar-refractivity contribution is -0.130. The molecule has 0 saturated carbocycles. The van der Waals surface area contributed by atoms with E-state index >= 15 is 0 Å².